The van der Waals surface area contributed by atoms with Gasteiger partial charge < -0.3 is 19.9 Å². The van der Waals surface area contributed by atoms with Crippen molar-refractivity contribution >= 4 is 5.69 Å². The molecule has 1 unspecified atom stereocenters. The van der Waals surface area contributed by atoms with Gasteiger partial charge in [0, 0.05) is 18.0 Å². The van der Waals surface area contributed by atoms with Crippen molar-refractivity contribution in [1.82, 2.24) is 4.98 Å². The van der Waals surface area contributed by atoms with Crippen LogP contribution in [0.2, 0.25) is 0 Å². The summed E-state index contributed by atoms with van der Waals surface area (Å²) in [5.41, 5.74) is 0.718. The van der Waals surface area contributed by atoms with E-state index in [-0.39, 0.29) is 11.5 Å². The Kier molecular flexibility index (Phi) is 4.58. The number of aliphatic hydroxyl groups excluding tert-OH is 1. The molecule has 0 aliphatic carbocycles. The van der Waals surface area contributed by atoms with Crippen LogP contribution in [0.5, 0.6) is 5.75 Å². The van der Waals surface area contributed by atoms with Crippen molar-refractivity contribution in [3.05, 3.63) is 88.2 Å². The Balaban J connectivity index is 2.12. The van der Waals surface area contributed by atoms with Gasteiger partial charge in [-0.05, 0) is 24.3 Å². The second-order valence-electron chi connectivity index (χ2n) is 5.15. The van der Waals surface area contributed by atoms with Crippen molar-refractivity contribution in [2.75, 3.05) is 5.32 Å². The van der Waals surface area contributed by atoms with Crippen molar-refractivity contribution in [3.8, 4) is 5.75 Å². The predicted molar refractivity (Wildman–Crippen MR) is 88.7 cm³/mol. The minimum Gasteiger partial charge on any atom is -0.502 e. The van der Waals surface area contributed by atoms with Gasteiger partial charge in [0.1, 0.15) is 18.4 Å². The highest BCUT2D eigenvalue weighted by Gasteiger charge is 2.24. The number of aliphatic hydroxyl groups is 1. The maximum atomic E-state index is 11.9. The molecule has 0 fully saturated rings. The van der Waals surface area contributed by atoms with Gasteiger partial charge in [-0.15, -0.1) is 0 Å². The van der Waals surface area contributed by atoms with Crippen molar-refractivity contribution in [2.24, 2.45) is 0 Å². The summed E-state index contributed by atoms with van der Waals surface area (Å²) in [7, 11) is 0. The molecule has 6 heteroatoms. The molecule has 0 amide bonds. The number of hydrogen-bond donors (Lipinski definition) is 3. The fourth-order valence-corrected chi connectivity index (χ4v) is 2.35. The van der Waals surface area contributed by atoms with Gasteiger partial charge in [0.2, 0.25) is 11.2 Å². The average molecular weight is 324 g/mol. The van der Waals surface area contributed by atoms with E-state index < -0.39 is 23.8 Å². The van der Waals surface area contributed by atoms with Crippen LogP contribution in [0.15, 0.2) is 70.0 Å². The van der Waals surface area contributed by atoms with E-state index in [9.17, 15) is 15.0 Å². The zero-order valence-corrected chi connectivity index (χ0v) is 12.7. The van der Waals surface area contributed by atoms with Crippen LogP contribution < -0.4 is 10.7 Å². The van der Waals surface area contributed by atoms with Crippen LogP contribution in [0.4, 0.5) is 5.69 Å². The van der Waals surface area contributed by atoms with Gasteiger partial charge in [0.05, 0.1) is 5.69 Å². The van der Waals surface area contributed by atoms with Crippen LogP contribution in [0.25, 0.3) is 0 Å². The molecule has 0 spiro atoms. The first-order chi connectivity index (χ1) is 11.7. The highest BCUT2D eigenvalue weighted by atomic mass is 16.4. The van der Waals surface area contributed by atoms with E-state index in [1.165, 1.54) is 0 Å². The number of nitrogens with one attached hydrogen (secondary N) is 1. The third-order valence-corrected chi connectivity index (χ3v) is 3.49. The van der Waals surface area contributed by atoms with Gasteiger partial charge in [-0.25, -0.2) is 0 Å². The SMILES string of the molecule is O=c1cc(CO)oc(C(Nc2ccccc2)c2ccccn2)c1O. The molecule has 1 atom stereocenters. The molecule has 3 rings (SSSR count). The summed E-state index contributed by atoms with van der Waals surface area (Å²) in [6.07, 6.45) is 1.61. The molecule has 2 heterocycles. The lowest BCUT2D eigenvalue weighted by Crippen LogP contribution is -2.17. The standard InChI is InChI=1S/C18H16N2O4/c21-11-13-10-15(22)17(23)18(24-13)16(14-8-4-5-9-19-14)20-12-6-2-1-3-7-12/h1-10,16,20-21,23H,11H2. The summed E-state index contributed by atoms with van der Waals surface area (Å²) in [6.45, 7) is -0.442. The molecule has 2 aromatic heterocycles. The Hall–Kier alpha value is -3.12. The number of nitrogens with zero attached hydrogens (tertiary/aromatic N) is 1. The number of rotatable bonds is 5. The highest BCUT2D eigenvalue weighted by molar-refractivity contribution is 5.48. The average Bonchev–Trinajstić information content (AvgIpc) is 2.64. The molecule has 3 aromatic rings. The van der Waals surface area contributed by atoms with E-state index in [0.717, 1.165) is 11.8 Å². The third kappa shape index (κ3) is 3.28. The first kappa shape index (κ1) is 15.8. The Morgan fingerprint density at radius 1 is 1.12 bits per heavy atom. The maximum Gasteiger partial charge on any atom is 0.227 e. The summed E-state index contributed by atoms with van der Waals surface area (Å²) < 4.78 is 5.52. The summed E-state index contributed by atoms with van der Waals surface area (Å²) in [4.78, 5) is 16.2. The van der Waals surface area contributed by atoms with Crippen LogP contribution in [-0.4, -0.2) is 15.2 Å². The number of para-hydroxylation sites is 1. The largest absolute Gasteiger partial charge is 0.502 e. The lowest BCUT2D eigenvalue weighted by atomic mass is 10.1. The number of aromatic nitrogens is 1. The van der Waals surface area contributed by atoms with Gasteiger partial charge in [-0.2, -0.15) is 0 Å². The molecule has 3 N–H and O–H groups in total. The lowest BCUT2D eigenvalue weighted by molar-refractivity contribution is 0.234. The van der Waals surface area contributed by atoms with Crippen molar-refractivity contribution in [3.63, 3.8) is 0 Å². The van der Waals surface area contributed by atoms with E-state index in [0.29, 0.717) is 5.69 Å². The van der Waals surface area contributed by atoms with Crippen LogP contribution in [-0.2, 0) is 6.61 Å². The number of benzene rings is 1. The zero-order chi connectivity index (χ0) is 16.9. The quantitative estimate of drug-likeness (QED) is 0.667. The third-order valence-electron chi connectivity index (χ3n) is 3.49. The van der Waals surface area contributed by atoms with E-state index in [1.54, 1.807) is 24.4 Å². The monoisotopic (exact) mass is 324 g/mol. The Labute approximate surface area is 138 Å². The smallest absolute Gasteiger partial charge is 0.227 e. The molecule has 0 bridgehead atoms. The van der Waals surface area contributed by atoms with E-state index in [4.69, 9.17) is 4.42 Å². The molecule has 0 saturated heterocycles. The minimum atomic E-state index is -0.687. The summed E-state index contributed by atoms with van der Waals surface area (Å²) >= 11 is 0. The fraction of sp³-hybridized carbons (Fsp3) is 0.111. The van der Waals surface area contributed by atoms with Gasteiger partial charge in [0.15, 0.2) is 5.76 Å². The van der Waals surface area contributed by atoms with E-state index in [1.807, 2.05) is 30.3 Å². The molecule has 0 aliphatic heterocycles. The summed E-state index contributed by atoms with van der Waals surface area (Å²) in [6, 6.07) is 15.0. The molecule has 122 valence electrons. The summed E-state index contributed by atoms with van der Waals surface area (Å²) in [5.74, 6) is -0.427. The Bertz CT molecular complexity index is 863. The van der Waals surface area contributed by atoms with Crippen molar-refractivity contribution in [2.45, 2.75) is 12.6 Å². The molecule has 1 aromatic carbocycles. The van der Waals surface area contributed by atoms with Gasteiger partial charge in [0.25, 0.3) is 0 Å². The normalized spacial score (nSPS) is 11.9. The van der Waals surface area contributed by atoms with Crippen LogP contribution in [0.3, 0.4) is 0 Å². The van der Waals surface area contributed by atoms with Gasteiger partial charge in [-0.1, -0.05) is 24.3 Å². The molecule has 6 nitrogen and oxygen atoms in total. The highest BCUT2D eigenvalue weighted by Crippen LogP contribution is 2.30. The first-order valence-corrected chi connectivity index (χ1v) is 7.38. The topological polar surface area (TPSA) is 95.6 Å². The maximum absolute atomic E-state index is 11.9. The molecule has 0 saturated carbocycles. The fourth-order valence-electron chi connectivity index (χ4n) is 2.35. The number of pyridine rings is 1. The Morgan fingerprint density at radius 2 is 1.88 bits per heavy atom. The van der Waals surface area contributed by atoms with Crippen molar-refractivity contribution < 1.29 is 14.6 Å². The number of hydrogen-bond acceptors (Lipinski definition) is 6. The summed E-state index contributed by atoms with van der Waals surface area (Å²) in [5, 5.41) is 22.6. The Morgan fingerprint density at radius 3 is 2.54 bits per heavy atom. The molecule has 24 heavy (non-hydrogen) atoms. The molecular weight excluding hydrogens is 308 g/mol. The first-order valence-electron chi connectivity index (χ1n) is 7.38. The lowest BCUT2D eigenvalue weighted by Gasteiger charge is -2.19. The zero-order valence-electron chi connectivity index (χ0n) is 12.7. The molecular formula is C18H16N2O4. The van der Waals surface area contributed by atoms with Crippen LogP contribution in [0, 0.1) is 0 Å². The van der Waals surface area contributed by atoms with Crippen LogP contribution in [0.1, 0.15) is 23.3 Å². The van der Waals surface area contributed by atoms with Crippen LogP contribution >= 0.6 is 0 Å². The number of anilines is 1. The van der Waals surface area contributed by atoms with Gasteiger partial charge >= 0.3 is 0 Å². The van der Waals surface area contributed by atoms with Gasteiger partial charge in [-0.3, -0.25) is 9.78 Å². The predicted octanol–water partition coefficient (Wildman–Crippen LogP) is 2.43. The van der Waals surface area contributed by atoms with E-state index >= 15 is 0 Å². The molecule has 0 radical (unpaired) electrons. The van der Waals surface area contributed by atoms with Crippen molar-refractivity contribution in [1.29, 1.82) is 0 Å². The van der Waals surface area contributed by atoms with E-state index in [2.05, 4.69) is 10.3 Å². The minimum absolute atomic E-state index is 0.00843. The molecule has 0 aliphatic rings. The second-order valence-corrected chi connectivity index (χ2v) is 5.15. The number of aromatic hydroxyl groups is 1. The second kappa shape index (κ2) is 6.97.